The summed E-state index contributed by atoms with van der Waals surface area (Å²) in [5.41, 5.74) is 1.62. The molecule has 2 N–H and O–H groups in total. The highest BCUT2D eigenvalue weighted by atomic mass is 16.7. The molecule has 0 amide bonds. The van der Waals surface area contributed by atoms with Gasteiger partial charge in [-0.2, -0.15) is 5.10 Å². The molecule has 0 saturated carbocycles. The van der Waals surface area contributed by atoms with Crippen LogP contribution in [0.4, 0.5) is 0 Å². The molecule has 31 heavy (non-hydrogen) atoms. The lowest BCUT2D eigenvalue weighted by Gasteiger charge is -2.33. The van der Waals surface area contributed by atoms with Crippen molar-refractivity contribution in [3.8, 4) is 17.6 Å². The minimum Gasteiger partial charge on any atom is -0.489 e. The quantitative estimate of drug-likeness (QED) is 0.295. The molecule has 1 fully saturated rings. The molecule has 2 rings (SSSR count). The molecule has 8 heteroatoms. The number of aliphatic imine (C=N–C) groups is 1. The third-order valence-electron chi connectivity index (χ3n) is 4.11. The topological polar surface area (TPSA) is 101 Å². The first kappa shape index (κ1) is 24.8. The lowest BCUT2D eigenvalue weighted by molar-refractivity contribution is -0.215. The number of hydrogen-bond donors (Lipinski definition) is 1. The van der Waals surface area contributed by atoms with Crippen molar-refractivity contribution < 1.29 is 18.9 Å². The van der Waals surface area contributed by atoms with E-state index < -0.39 is 0 Å². The summed E-state index contributed by atoms with van der Waals surface area (Å²) in [6.07, 6.45) is 2.90. The summed E-state index contributed by atoms with van der Waals surface area (Å²) < 4.78 is 22.8. The Kier molecular flexibility index (Phi) is 9.44. The van der Waals surface area contributed by atoms with Gasteiger partial charge in [-0.25, -0.2) is 4.98 Å². The van der Waals surface area contributed by atoms with Crippen molar-refractivity contribution in [2.75, 3.05) is 26.4 Å². The average Bonchev–Trinajstić information content (AvgIpc) is 2.70. The molecule has 1 aliphatic rings. The molecule has 0 aromatic carbocycles. The highest BCUT2D eigenvalue weighted by Gasteiger charge is 2.28. The normalized spacial score (nSPS) is 17.2. The van der Waals surface area contributed by atoms with E-state index in [9.17, 15) is 0 Å². The predicted molar refractivity (Wildman–Crippen MR) is 122 cm³/mol. The first-order valence-corrected chi connectivity index (χ1v) is 10.5. The number of hydrazone groups is 1. The van der Waals surface area contributed by atoms with Crippen molar-refractivity contribution >= 4 is 11.9 Å². The number of nitrogens with two attached hydrogens (primary N) is 1. The van der Waals surface area contributed by atoms with Gasteiger partial charge >= 0.3 is 0 Å². The van der Waals surface area contributed by atoms with Crippen LogP contribution in [0, 0.1) is 17.3 Å². The second kappa shape index (κ2) is 11.8. The molecule has 1 saturated heterocycles. The summed E-state index contributed by atoms with van der Waals surface area (Å²) in [4.78, 5) is 8.85. The van der Waals surface area contributed by atoms with Gasteiger partial charge in [-0.3, -0.25) is 4.99 Å². The lowest BCUT2D eigenvalue weighted by atomic mass is 9.96. The second-order valence-electron chi connectivity index (χ2n) is 8.62. The molecule has 1 aliphatic heterocycles. The van der Waals surface area contributed by atoms with Crippen LogP contribution in [0.2, 0.25) is 0 Å². The Labute approximate surface area is 185 Å². The standard InChI is InChI=1S/C23H34N4O4/c1-16(2)28-9-7-8-18-10-20(31-17(3)4)22(26-11-18)19(27-24)12-25-13-21-29-14-23(5,6)15-30-21/h10-12,16-17,21H,9,13-15,24H2,1-6H3/b25-12?,27-19+. The third-order valence-corrected chi connectivity index (χ3v) is 4.11. The maximum atomic E-state index is 5.92. The van der Waals surface area contributed by atoms with E-state index in [1.807, 2.05) is 33.8 Å². The molecule has 0 bridgehead atoms. The molecular weight excluding hydrogens is 396 g/mol. The van der Waals surface area contributed by atoms with Crippen LogP contribution in [0.1, 0.15) is 52.8 Å². The van der Waals surface area contributed by atoms with Gasteiger partial charge in [0.25, 0.3) is 0 Å². The summed E-state index contributed by atoms with van der Waals surface area (Å²) in [5, 5.41) is 3.84. The van der Waals surface area contributed by atoms with Gasteiger partial charge in [0.1, 0.15) is 23.8 Å². The SMILES string of the molecule is CC(C)OCC#Cc1cnc(/C(C=NCC2OCC(C)(C)CO2)=N/N)c(OC(C)C)c1. The zero-order valence-corrected chi connectivity index (χ0v) is 19.3. The fourth-order valence-corrected chi connectivity index (χ4v) is 2.61. The van der Waals surface area contributed by atoms with E-state index in [2.05, 4.69) is 40.8 Å². The van der Waals surface area contributed by atoms with E-state index in [0.717, 1.165) is 0 Å². The monoisotopic (exact) mass is 430 g/mol. The van der Waals surface area contributed by atoms with Crippen LogP contribution in [0.15, 0.2) is 22.4 Å². The minimum absolute atomic E-state index is 0.0165. The van der Waals surface area contributed by atoms with E-state index in [1.54, 1.807) is 12.4 Å². The molecule has 170 valence electrons. The molecule has 2 heterocycles. The Morgan fingerprint density at radius 2 is 2.00 bits per heavy atom. The number of ether oxygens (including phenoxy) is 4. The van der Waals surface area contributed by atoms with Crippen molar-refractivity contribution in [2.24, 2.45) is 21.4 Å². The van der Waals surface area contributed by atoms with Gasteiger partial charge in [-0.15, -0.1) is 0 Å². The van der Waals surface area contributed by atoms with E-state index in [-0.39, 0.29) is 23.9 Å². The molecule has 8 nitrogen and oxygen atoms in total. The van der Waals surface area contributed by atoms with Crippen molar-refractivity contribution in [2.45, 2.75) is 60.0 Å². The van der Waals surface area contributed by atoms with Crippen molar-refractivity contribution in [3.63, 3.8) is 0 Å². The van der Waals surface area contributed by atoms with Gasteiger partial charge in [-0.05, 0) is 33.8 Å². The molecule has 0 radical (unpaired) electrons. The fourth-order valence-electron chi connectivity index (χ4n) is 2.61. The molecule has 0 unspecified atom stereocenters. The molecule has 0 atom stereocenters. The van der Waals surface area contributed by atoms with Crippen molar-refractivity contribution in [1.29, 1.82) is 0 Å². The van der Waals surface area contributed by atoms with E-state index in [0.29, 0.717) is 49.1 Å². The van der Waals surface area contributed by atoms with Gasteiger partial charge in [0.15, 0.2) is 6.29 Å². The number of aromatic nitrogens is 1. The number of hydrogen-bond acceptors (Lipinski definition) is 8. The summed E-state index contributed by atoms with van der Waals surface area (Å²) in [5.74, 6) is 12.2. The Bertz CT molecular complexity index is 828. The molecule has 1 aromatic heterocycles. The molecular formula is C23H34N4O4. The Hall–Kier alpha value is -2.47. The summed E-state index contributed by atoms with van der Waals surface area (Å²) in [7, 11) is 0. The first-order valence-electron chi connectivity index (χ1n) is 10.5. The minimum atomic E-state index is -0.381. The third kappa shape index (κ3) is 8.66. The van der Waals surface area contributed by atoms with Gasteiger partial charge in [0, 0.05) is 17.2 Å². The van der Waals surface area contributed by atoms with Crippen molar-refractivity contribution in [1.82, 2.24) is 4.98 Å². The molecule has 0 spiro atoms. The molecule has 0 aliphatic carbocycles. The predicted octanol–water partition coefficient (Wildman–Crippen LogP) is 2.78. The first-order chi connectivity index (χ1) is 14.7. The molecule has 1 aromatic rings. The van der Waals surface area contributed by atoms with Gasteiger partial charge < -0.3 is 24.8 Å². The Morgan fingerprint density at radius 1 is 1.29 bits per heavy atom. The van der Waals surface area contributed by atoms with Crippen molar-refractivity contribution in [3.05, 3.63) is 23.5 Å². The van der Waals surface area contributed by atoms with Crippen LogP contribution >= 0.6 is 0 Å². The van der Waals surface area contributed by atoms with Crippen LogP contribution in [0.5, 0.6) is 5.75 Å². The highest BCUT2D eigenvalue weighted by molar-refractivity contribution is 6.38. The zero-order valence-electron chi connectivity index (χ0n) is 19.3. The van der Waals surface area contributed by atoms with Crippen LogP contribution in [0.25, 0.3) is 0 Å². The zero-order chi connectivity index (χ0) is 22.9. The summed E-state index contributed by atoms with van der Waals surface area (Å²) >= 11 is 0. The maximum absolute atomic E-state index is 5.92. The lowest BCUT2D eigenvalue weighted by Crippen LogP contribution is -2.39. The van der Waals surface area contributed by atoms with Crippen LogP contribution in [-0.2, 0) is 14.2 Å². The van der Waals surface area contributed by atoms with Gasteiger partial charge in [-0.1, -0.05) is 25.7 Å². The number of nitrogens with zero attached hydrogens (tertiary/aromatic N) is 3. The number of pyridine rings is 1. The van der Waals surface area contributed by atoms with Crippen LogP contribution in [0.3, 0.4) is 0 Å². The van der Waals surface area contributed by atoms with Gasteiger partial charge in [0.05, 0.1) is 38.2 Å². The Morgan fingerprint density at radius 3 is 2.61 bits per heavy atom. The summed E-state index contributed by atoms with van der Waals surface area (Å²) in [6.45, 7) is 13.9. The average molecular weight is 431 g/mol. The van der Waals surface area contributed by atoms with E-state index in [1.165, 1.54) is 0 Å². The van der Waals surface area contributed by atoms with Crippen LogP contribution < -0.4 is 10.6 Å². The maximum Gasteiger partial charge on any atom is 0.176 e. The van der Waals surface area contributed by atoms with Crippen LogP contribution in [-0.4, -0.2) is 61.8 Å². The second-order valence-corrected chi connectivity index (χ2v) is 8.62. The summed E-state index contributed by atoms with van der Waals surface area (Å²) in [6, 6.07) is 1.82. The van der Waals surface area contributed by atoms with E-state index >= 15 is 0 Å². The highest BCUT2D eigenvalue weighted by Crippen LogP contribution is 2.23. The fraction of sp³-hybridized carbons (Fsp3) is 0.609. The largest absolute Gasteiger partial charge is 0.489 e. The van der Waals surface area contributed by atoms with Gasteiger partial charge in [0.2, 0.25) is 0 Å². The smallest absolute Gasteiger partial charge is 0.176 e. The van der Waals surface area contributed by atoms with E-state index in [4.69, 9.17) is 24.8 Å². The Balaban J connectivity index is 2.11. The number of rotatable bonds is 8.